The van der Waals surface area contributed by atoms with Gasteiger partial charge < -0.3 is 15.2 Å². The number of aryl methyl sites for hydroxylation is 1. The van der Waals surface area contributed by atoms with E-state index in [2.05, 4.69) is 15.2 Å². The summed E-state index contributed by atoms with van der Waals surface area (Å²) in [6, 6.07) is 0. The first-order chi connectivity index (χ1) is 3.89. The molecule has 0 unspecified atom stereocenters. The Morgan fingerprint density at radius 2 is 2.00 bits per heavy atom. The summed E-state index contributed by atoms with van der Waals surface area (Å²) in [5.41, 5.74) is 0. The van der Waals surface area contributed by atoms with E-state index < -0.39 is 0 Å². The van der Waals surface area contributed by atoms with Crippen LogP contribution in [0.15, 0.2) is 6.33 Å². The summed E-state index contributed by atoms with van der Waals surface area (Å²) in [5.74, 6) is 0.731. The van der Waals surface area contributed by atoms with Gasteiger partial charge in [0.05, 0.1) is 0 Å². The molecule has 9 heavy (non-hydrogen) atoms. The Hall–Kier alpha value is 0.945. The molecule has 0 aliphatic heterocycles. The van der Waals surface area contributed by atoms with Crippen LogP contribution in [0, 0.1) is 6.92 Å². The van der Waals surface area contributed by atoms with E-state index in [4.69, 9.17) is 0 Å². The Labute approximate surface area is 104 Å². The van der Waals surface area contributed by atoms with Crippen LogP contribution in [0.5, 0.6) is 0 Å². The largest absolute Gasteiger partial charge is 1.00 e. The minimum Gasteiger partial charge on any atom is -0.370 e. The van der Waals surface area contributed by atoms with Gasteiger partial charge in [0.2, 0.25) is 0 Å². The van der Waals surface area contributed by atoms with Gasteiger partial charge in [0, 0.05) is 0 Å². The van der Waals surface area contributed by atoms with E-state index in [1.807, 2.05) is 13.8 Å². The molecule has 46 valence electrons. The molecule has 1 heterocycles. The molecule has 0 N–H and O–H groups in total. The van der Waals surface area contributed by atoms with Crippen molar-refractivity contribution in [3.05, 3.63) is 12.2 Å². The monoisotopic (exact) mass is 197 g/mol. The zero-order chi connectivity index (χ0) is 6.41. The van der Waals surface area contributed by atoms with Gasteiger partial charge in [-0.3, -0.25) is 0 Å². The SMILES string of the molecule is CC.Cc1nnc[n-]1.[Rb+]. The molecular formula is C5H10N3Rb. The quantitative estimate of drug-likeness (QED) is 0.473. The number of hydrogen-bond acceptors (Lipinski definition) is 2. The Bertz CT molecular complexity index is 116. The minimum atomic E-state index is 0. The van der Waals surface area contributed by atoms with Crippen molar-refractivity contribution in [2.45, 2.75) is 20.8 Å². The maximum atomic E-state index is 3.69. The number of aromatic nitrogens is 3. The van der Waals surface area contributed by atoms with E-state index in [1.165, 1.54) is 6.33 Å². The Morgan fingerprint density at radius 3 is 2.11 bits per heavy atom. The fourth-order valence-corrected chi connectivity index (χ4v) is 0.245. The van der Waals surface area contributed by atoms with Crippen molar-refractivity contribution < 1.29 is 58.2 Å². The van der Waals surface area contributed by atoms with E-state index in [9.17, 15) is 0 Å². The molecule has 4 heteroatoms. The minimum absolute atomic E-state index is 0. The second kappa shape index (κ2) is 8.95. The fraction of sp³-hybridized carbons (Fsp3) is 0.600. The van der Waals surface area contributed by atoms with Crippen LogP contribution in [0.1, 0.15) is 19.7 Å². The molecule has 1 aromatic rings. The van der Waals surface area contributed by atoms with Crippen molar-refractivity contribution in [2.75, 3.05) is 0 Å². The Balaban J connectivity index is 0. The third kappa shape index (κ3) is 6.84. The van der Waals surface area contributed by atoms with Gasteiger partial charge in [0.1, 0.15) is 0 Å². The fourth-order valence-electron chi connectivity index (χ4n) is 0.245. The molecule has 0 aliphatic carbocycles. The Kier molecular flexibility index (Phi) is 12.5. The summed E-state index contributed by atoms with van der Waals surface area (Å²) in [5, 5.41) is 7.02. The van der Waals surface area contributed by atoms with Crippen molar-refractivity contribution >= 4 is 0 Å². The molecule has 1 rings (SSSR count). The maximum Gasteiger partial charge on any atom is 1.00 e. The molecule has 0 saturated carbocycles. The molecule has 1 aromatic heterocycles. The first-order valence-corrected chi connectivity index (χ1v) is 2.66. The van der Waals surface area contributed by atoms with E-state index in [0.717, 1.165) is 5.82 Å². The average Bonchev–Trinajstić information content (AvgIpc) is 2.24. The molecule has 0 amide bonds. The van der Waals surface area contributed by atoms with Crippen molar-refractivity contribution in [3.63, 3.8) is 0 Å². The van der Waals surface area contributed by atoms with Gasteiger partial charge in [-0.15, -0.1) is 0 Å². The predicted octanol–water partition coefficient (Wildman–Crippen LogP) is -2.23. The van der Waals surface area contributed by atoms with Gasteiger partial charge in [-0.2, -0.15) is 0 Å². The Morgan fingerprint density at radius 1 is 1.44 bits per heavy atom. The van der Waals surface area contributed by atoms with Gasteiger partial charge >= 0.3 is 58.2 Å². The van der Waals surface area contributed by atoms with Gasteiger partial charge in [-0.25, -0.2) is 0 Å². The van der Waals surface area contributed by atoms with Crippen molar-refractivity contribution in [1.82, 2.24) is 15.2 Å². The summed E-state index contributed by atoms with van der Waals surface area (Å²) in [4.78, 5) is 3.69. The van der Waals surface area contributed by atoms with Gasteiger partial charge in [0.25, 0.3) is 0 Å². The van der Waals surface area contributed by atoms with Crippen LogP contribution >= 0.6 is 0 Å². The number of rotatable bonds is 0. The molecule has 3 nitrogen and oxygen atoms in total. The maximum absolute atomic E-state index is 3.69. The number of hydrogen-bond donors (Lipinski definition) is 0. The second-order valence-electron chi connectivity index (χ2n) is 1.01. The molecule has 0 bridgehead atoms. The van der Waals surface area contributed by atoms with Gasteiger partial charge in [-0.1, -0.05) is 13.8 Å². The number of nitrogens with zero attached hydrogens (tertiary/aromatic N) is 3. The second-order valence-corrected chi connectivity index (χ2v) is 1.01. The molecule has 0 aliphatic rings. The summed E-state index contributed by atoms with van der Waals surface area (Å²) in [6.07, 6.45) is 1.43. The third-order valence-corrected chi connectivity index (χ3v) is 0.499. The van der Waals surface area contributed by atoms with Crippen molar-refractivity contribution in [1.29, 1.82) is 0 Å². The smallest absolute Gasteiger partial charge is 0.370 e. The molecule has 0 fully saturated rings. The molecule has 0 radical (unpaired) electrons. The summed E-state index contributed by atoms with van der Waals surface area (Å²) < 4.78 is 0. The molecule has 0 aromatic carbocycles. The topological polar surface area (TPSA) is 39.9 Å². The van der Waals surface area contributed by atoms with Crippen LogP contribution in [-0.4, -0.2) is 10.2 Å². The van der Waals surface area contributed by atoms with Crippen molar-refractivity contribution in [3.8, 4) is 0 Å². The molecule has 0 spiro atoms. The van der Waals surface area contributed by atoms with E-state index in [-0.39, 0.29) is 58.2 Å². The molecule has 0 saturated heterocycles. The average molecular weight is 198 g/mol. The normalized spacial score (nSPS) is 6.56. The van der Waals surface area contributed by atoms with Crippen LogP contribution in [-0.2, 0) is 0 Å². The predicted molar refractivity (Wildman–Crippen MR) is 31.4 cm³/mol. The summed E-state index contributed by atoms with van der Waals surface area (Å²) in [6.45, 7) is 5.80. The zero-order valence-corrected chi connectivity index (χ0v) is 11.3. The van der Waals surface area contributed by atoms with Crippen LogP contribution in [0.3, 0.4) is 0 Å². The molecule has 0 atom stereocenters. The van der Waals surface area contributed by atoms with E-state index in [0.29, 0.717) is 0 Å². The van der Waals surface area contributed by atoms with Crippen LogP contribution in [0.25, 0.3) is 0 Å². The third-order valence-electron chi connectivity index (χ3n) is 0.499. The first kappa shape index (κ1) is 12.6. The summed E-state index contributed by atoms with van der Waals surface area (Å²) in [7, 11) is 0. The molecular weight excluding hydrogens is 188 g/mol. The zero-order valence-electron chi connectivity index (χ0n) is 6.42. The van der Waals surface area contributed by atoms with Gasteiger partial charge in [-0.05, 0) is 19.1 Å². The van der Waals surface area contributed by atoms with Crippen LogP contribution in [0.4, 0.5) is 0 Å². The van der Waals surface area contributed by atoms with E-state index in [1.54, 1.807) is 6.92 Å². The standard InChI is InChI=1S/C3H4N3.C2H6.Rb/c1-3-4-2-5-6-3;1-2;/h2H,1H3;1-2H3;/q-1;;+1. The van der Waals surface area contributed by atoms with E-state index >= 15 is 0 Å². The van der Waals surface area contributed by atoms with Gasteiger partial charge in [0.15, 0.2) is 0 Å². The summed E-state index contributed by atoms with van der Waals surface area (Å²) >= 11 is 0. The van der Waals surface area contributed by atoms with Crippen LogP contribution in [0.2, 0.25) is 0 Å². The first-order valence-electron chi connectivity index (χ1n) is 2.66. The van der Waals surface area contributed by atoms with Crippen LogP contribution < -0.4 is 63.2 Å². The van der Waals surface area contributed by atoms with Crippen molar-refractivity contribution in [2.24, 2.45) is 0 Å².